The minimum absolute atomic E-state index is 0.177. The standard InChI is InChI=1S/C15H17NO3.C12H19NO3.C2H6/c17-13-8-15(9-13)6-12(7-15)16-14(18)19-10-11-4-2-1-3-5-11;1-11(2,3)16-10(15)13-8-4-12(5-8)6-9(14)7-12;1-2/h1-5,12H,6-10H2,(H,16,18);8H,4-7H2,1-3H3,(H,13,15);1-2H3. The monoisotopic (exact) mass is 514 g/mol. The molecule has 2 spiro atoms. The molecule has 4 aliphatic rings. The SMILES string of the molecule is CC.CC(C)(C)OC(=O)NC1CC2(CC(=O)C2)C1.O=C1CC2(C1)CC(NC(=O)OCc1ccccc1)C2. The lowest BCUT2D eigenvalue weighted by Crippen LogP contribution is -2.56. The largest absolute Gasteiger partial charge is 0.445 e. The van der Waals surface area contributed by atoms with Gasteiger partial charge in [-0.2, -0.15) is 0 Å². The molecule has 0 unspecified atom stereocenters. The summed E-state index contributed by atoms with van der Waals surface area (Å²) in [6.07, 6.45) is 5.79. The van der Waals surface area contributed by atoms with Gasteiger partial charge in [-0.05, 0) is 62.8 Å². The van der Waals surface area contributed by atoms with Gasteiger partial charge in [0.05, 0.1) is 0 Å². The number of hydrogen-bond donors (Lipinski definition) is 2. The maximum atomic E-state index is 11.6. The Kier molecular flexibility index (Phi) is 9.03. The van der Waals surface area contributed by atoms with Crippen LogP contribution in [0.3, 0.4) is 0 Å². The molecule has 0 aliphatic heterocycles. The van der Waals surface area contributed by atoms with E-state index in [0.29, 0.717) is 43.9 Å². The van der Waals surface area contributed by atoms with Gasteiger partial charge >= 0.3 is 12.2 Å². The topological polar surface area (TPSA) is 111 Å². The first-order chi connectivity index (χ1) is 17.4. The van der Waals surface area contributed by atoms with Crippen molar-refractivity contribution >= 4 is 23.8 Å². The number of carbonyl (C=O) groups is 4. The van der Waals surface area contributed by atoms with Crippen molar-refractivity contribution in [2.24, 2.45) is 10.8 Å². The number of nitrogens with one attached hydrogen (secondary N) is 2. The van der Waals surface area contributed by atoms with Crippen molar-refractivity contribution in [3.8, 4) is 0 Å². The minimum atomic E-state index is -0.446. The highest BCUT2D eigenvalue weighted by Crippen LogP contribution is 2.54. The fourth-order valence-electron chi connectivity index (χ4n) is 5.73. The van der Waals surface area contributed by atoms with Gasteiger partial charge in [0.1, 0.15) is 23.8 Å². The van der Waals surface area contributed by atoms with Gasteiger partial charge < -0.3 is 20.1 Å². The molecular formula is C29H42N2O6. The van der Waals surface area contributed by atoms with E-state index in [-0.39, 0.29) is 35.1 Å². The van der Waals surface area contributed by atoms with Crippen LogP contribution in [-0.2, 0) is 25.7 Å². The highest BCUT2D eigenvalue weighted by atomic mass is 16.6. The highest BCUT2D eigenvalue weighted by Gasteiger charge is 2.53. The van der Waals surface area contributed by atoms with Gasteiger partial charge in [0.25, 0.3) is 0 Å². The summed E-state index contributed by atoms with van der Waals surface area (Å²) in [4.78, 5) is 44.9. The molecule has 1 aromatic rings. The molecular weight excluding hydrogens is 472 g/mol. The van der Waals surface area contributed by atoms with Crippen LogP contribution in [0.2, 0.25) is 0 Å². The first-order valence-corrected chi connectivity index (χ1v) is 13.4. The number of hydrogen-bond acceptors (Lipinski definition) is 6. The molecule has 0 atom stereocenters. The number of ketones is 2. The average Bonchev–Trinajstić information content (AvgIpc) is 2.74. The molecule has 0 bridgehead atoms. The van der Waals surface area contributed by atoms with Gasteiger partial charge in [-0.15, -0.1) is 0 Å². The Labute approximate surface area is 220 Å². The summed E-state index contributed by atoms with van der Waals surface area (Å²) in [6, 6.07) is 9.98. The van der Waals surface area contributed by atoms with Crippen molar-refractivity contribution in [1.29, 1.82) is 0 Å². The summed E-state index contributed by atoms with van der Waals surface area (Å²) in [6.45, 7) is 9.83. The molecule has 1 aromatic carbocycles. The molecule has 4 aliphatic carbocycles. The van der Waals surface area contributed by atoms with Crippen LogP contribution >= 0.6 is 0 Å². The fourth-order valence-corrected chi connectivity index (χ4v) is 5.73. The van der Waals surface area contributed by atoms with Crippen LogP contribution in [0.5, 0.6) is 0 Å². The van der Waals surface area contributed by atoms with E-state index in [0.717, 1.165) is 31.2 Å². The summed E-state index contributed by atoms with van der Waals surface area (Å²) in [7, 11) is 0. The second-order valence-corrected chi connectivity index (χ2v) is 11.8. The molecule has 4 fully saturated rings. The molecule has 0 radical (unpaired) electrons. The summed E-state index contributed by atoms with van der Waals surface area (Å²) in [5.74, 6) is 0.709. The number of Topliss-reactive ketones (excluding diaryl/α,β-unsaturated/α-hetero) is 2. The van der Waals surface area contributed by atoms with Crippen LogP contribution in [0.1, 0.15) is 91.5 Å². The third-order valence-corrected chi connectivity index (χ3v) is 7.26. The van der Waals surface area contributed by atoms with Crippen molar-refractivity contribution in [3.63, 3.8) is 0 Å². The average molecular weight is 515 g/mol. The molecule has 2 amide bonds. The van der Waals surface area contributed by atoms with Gasteiger partial charge in [-0.25, -0.2) is 9.59 Å². The van der Waals surface area contributed by atoms with Crippen molar-refractivity contribution in [2.75, 3.05) is 0 Å². The third kappa shape index (κ3) is 8.04. The quantitative estimate of drug-likeness (QED) is 0.551. The number of alkyl carbamates (subject to hydrolysis) is 2. The van der Waals surface area contributed by atoms with Gasteiger partial charge in [0, 0.05) is 37.8 Å². The van der Waals surface area contributed by atoms with Crippen molar-refractivity contribution in [1.82, 2.24) is 10.6 Å². The van der Waals surface area contributed by atoms with Gasteiger partial charge in [0.15, 0.2) is 0 Å². The lowest BCUT2D eigenvalue weighted by Gasteiger charge is -2.52. The zero-order valence-electron chi connectivity index (χ0n) is 22.9. The molecule has 4 saturated carbocycles. The van der Waals surface area contributed by atoms with E-state index in [1.54, 1.807) is 0 Å². The van der Waals surface area contributed by atoms with Crippen molar-refractivity contribution in [2.45, 2.75) is 110 Å². The van der Waals surface area contributed by atoms with Crippen molar-refractivity contribution in [3.05, 3.63) is 35.9 Å². The van der Waals surface area contributed by atoms with Crippen LogP contribution < -0.4 is 10.6 Å². The summed E-state index contributed by atoms with van der Waals surface area (Å²) in [5.41, 5.74) is 0.982. The normalized spacial score (nSPS) is 20.9. The predicted molar refractivity (Wildman–Crippen MR) is 140 cm³/mol. The Morgan fingerprint density at radius 1 is 0.811 bits per heavy atom. The molecule has 0 aromatic heterocycles. The molecule has 37 heavy (non-hydrogen) atoms. The van der Waals surface area contributed by atoms with E-state index >= 15 is 0 Å². The molecule has 0 heterocycles. The number of benzene rings is 1. The Hall–Kier alpha value is -2.90. The van der Waals surface area contributed by atoms with E-state index in [1.165, 1.54) is 0 Å². The van der Waals surface area contributed by atoms with Gasteiger partial charge in [-0.1, -0.05) is 44.2 Å². The van der Waals surface area contributed by atoms with E-state index in [9.17, 15) is 19.2 Å². The number of amides is 2. The number of ether oxygens (including phenoxy) is 2. The van der Waals surface area contributed by atoms with E-state index < -0.39 is 5.60 Å². The third-order valence-electron chi connectivity index (χ3n) is 7.26. The smallest absolute Gasteiger partial charge is 0.407 e. The second-order valence-electron chi connectivity index (χ2n) is 11.8. The highest BCUT2D eigenvalue weighted by molar-refractivity contribution is 5.87. The first-order valence-electron chi connectivity index (χ1n) is 13.4. The lowest BCUT2D eigenvalue weighted by atomic mass is 9.53. The van der Waals surface area contributed by atoms with E-state index in [1.807, 2.05) is 65.0 Å². The summed E-state index contributed by atoms with van der Waals surface area (Å²) < 4.78 is 10.3. The van der Waals surface area contributed by atoms with Crippen molar-refractivity contribution < 1.29 is 28.7 Å². The van der Waals surface area contributed by atoms with Crippen LogP contribution in [0.25, 0.3) is 0 Å². The zero-order valence-corrected chi connectivity index (χ0v) is 22.9. The Balaban J connectivity index is 0.000000195. The fraction of sp³-hybridized carbons (Fsp3) is 0.655. The predicted octanol–water partition coefficient (Wildman–Crippen LogP) is 5.47. The van der Waals surface area contributed by atoms with Gasteiger partial charge in [-0.3, -0.25) is 9.59 Å². The Bertz CT molecular complexity index is 952. The number of carbonyl (C=O) groups excluding carboxylic acids is 4. The maximum Gasteiger partial charge on any atom is 0.407 e. The van der Waals surface area contributed by atoms with Crippen LogP contribution in [0.4, 0.5) is 9.59 Å². The van der Waals surface area contributed by atoms with Crippen LogP contribution in [0.15, 0.2) is 30.3 Å². The molecule has 8 nitrogen and oxygen atoms in total. The summed E-state index contributed by atoms with van der Waals surface area (Å²) >= 11 is 0. The van der Waals surface area contributed by atoms with Gasteiger partial charge in [0.2, 0.25) is 0 Å². The molecule has 0 saturated heterocycles. The van der Waals surface area contributed by atoms with E-state index in [2.05, 4.69) is 10.6 Å². The van der Waals surface area contributed by atoms with Crippen LogP contribution in [-0.4, -0.2) is 41.4 Å². The van der Waals surface area contributed by atoms with Crippen LogP contribution in [0, 0.1) is 10.8 Å². The first kappa shape index (κ1) is 28.7. The minimum Gasteiger partial charge on any atom is -0.445 e. The molecule has 204 valence electrons. The Morgan fingerprint density at radius 3 is 1.65 bits per heavy atom. The number of rotatable bonds is 4. The zero-order chi connectivity index (χ0) is 27.3. The molecule has 5 rings (SSSR count). The maximum absolute atomic E-state index is 11.6. The molecule has 2 N–H and O–H groups in total. The second kappa shape index (κ2) is 11.7. The summed E-state index contributed by atoms with van der Waals surface area (Å²) in [5, 5.41) is 5.69. The molecule has 8 heteroatoms. The Morgan fingerprint density at radius 2 is 1.24 bits per heavy atom. The lowest BCUT2D eigenvalue weighted by molar-refractivity contribution is -0.140. The van der Waals surface area contributed by atoms with E-state index in [4.69, 9.17) is 9.47 Å².